The van der Waals surface area contributed by atoms with Crippen molar-refractivity contribution < 1.29 is 4.74 Å². The Hall–Kier alpha value is -3.48. The molecule has 0 saturated carbocycles. The molecule has 5 rings (SSSR count). The van der Waals surface area contributed by atoms with Crippen LogP contribution in [-0.2, 0) is 18.5 Å². The van der Waals surface area contributed by atoms with Gasteiger partial charge < -0.3 is 20.2 Å². The van der Waals surface area contributed by atoms with Gasteiger partial charge in [0.1, 0.15) is 0 Å². The fourth-order valence-electron chi connectivity index (χ4n) is 5.01. The second-order valence-electron chi connectivity index (χ2n) is 9.43. The Morgan fingerprint density at radius 3 is 2.85 bits per heavy atom. The summed E-state index contributed by atoms with van der Waals surface area (Å²) in [6.07, 6.45) is 6.23. The molecule has 0 atom stereocenters. The first-order valence-electron chi connectivity index (χ1n) is 11.6. The summed E-state index contributed by atoms with van der Waals surface area (Å²) in [6.45, 7) is 16.6. The van der Waals surface area contributed by atoms with Crippen LogP contribution in [0.2, 0.25) is 0 Å². The van der Waals surface area contributed by atoms with E-state index in [1.54, 1.807) is 12.4 Å². The number of likely N-dealkylation sites (N-methyl/N-ethyl adjacent to an activating group) is 2. The fourth-order valence-corrected chi connectivity index (χ4v) is 5.01. The third-order valence-electron chi connectivity index (χ3n) is 6.93. The molecule has 9 heteroatoms. The van der Waals surface area contributed by atoms with Gasteiger partial charge in [0.2, 0.25) is 6.54 Å². The van der Waals surface area contributed by atoms with Gasteiger partial charge in [-0.1, -0.05) is 6.92 Å². The van der Waals surface area contributed by atoms with E-state index in [1.807, 2.05) is 10.9 Å². The standard InChI is InChI=1S/C25H30N8O/c1-5-32-15-25(16-32,14-27-3)33-13-20(10-29-33)34-24-23(26)28-11-22(30-24)18-8-17(2)21-6-7-31(4)12-19(21)9-18/h8-11,13H,5-7,12,14-16H2,1-2,4H3,(H2,26,28). The van der Waals surface area contributed by atoms with Gasteiger partial charge in [-0.25, -0.2) is 16.5 Å². The Balaban J connectivity index is 1.40. The topological polar surface area (TPSA) is 89.7 Å². The molecule has 2 aliphatic heterocycles. The molecule has 0 radical (unpaired) electrons. The molecule has 4 heterocycles. The number of rotatable bonds is 6. The molecule has 0 unspecified atom stereocenters. The van der Waals surface area contributed by atoms with E-state index in [0.717, 1.165) is 50.4 Å². The number of aromatic nitrogens is 4. The van der Waals surface area contributed by atoms with Crippen LogP contribution in [0.5, 0.6) is 11.6 Å². The first-order chi connectivity index (χ1) is 16.4. The molecule has 9 nitrogen and oxygen atoms in total. The van der Waals surface area contributed by atoms with E-state index in [-0.39, 0.29) is 17.2 Å². The predicted molar refractivity (Wildman–Crippen MR) is 131 cm³/mol. The first kappa shape index (κ1) is 22.3. The predicted octanol–water partition coefficient (Wildman–Crippen LogP) is 2.96. The quantitative estimate of drug-likeness (QED) is 0.568. The maximum Gasteiger partial charge on any atom is 0.263 e. The lowest BCUT2D eigenvalue weighted by molar-refractivity contribution is 0.0186. The van der Waals surface area contributed by atoms with Crippen molar-refractivity contribution >= 4 is 5.82 Å². The zero-order valence-electron chi connectivity index (χ0n) is 20.0. The van der Waals surface area contributed by atoms with Gasteiger partial charge in [0, 0.05) is 31.7 Å². The molecule has 0 aliphatic carbocycles. The summed E-state index contributed by atoms with van der Waals surface area (Å²) in [4.78, 5) is 17.3. The minimum absolute atomic E-state index is 0.225. The molecule has 34 heavy (non-hydrogen) atoms. The van der Waals surface area contributed by atoms with Gasteiger partial charge in [0.15, 0.2) is 17.1 Å². The maximum absolute atomic E-state index is 7.37. The summed E-state index contributed by atoms with van der Waals surface area (Å²) in [5.41, 5.74) is 11.6. The van der Waals surface area contributed by atoms with Crippen LogP contribution in [0.3, 0.4) is 0 Å². The number of ether oxygens (including phenoxy) is 1. The molecule has 176 valence electrons. The SMILES string of the molecule is [C-]#[N+]CC1(n2cc(Oc3nc(-c4cc(C)c5c(c4)CN(C)CC5)cnc3N)cn2)CN(CC)C1. The number of hydrogen-bond acceptors (Lipinski definition) is 7. The Kier molecular flexibility index (Phi) is 5.71. The number of anilines is 1. The van der Waals surface area contributed by atoms with Crippen molar-refractivity contribution in [1.29, 1.82) is 0 Å². The molecular weight excluding hydrogens is 428 g/mol. The average Bonchev–Trinajstić information content (AvgIpc) is 3.26. The average molecular weight is 459 g/mol. The number of benzene rings is 1. The van der Waals surface area contributed by atoms with Gasteiger partial charge in [-0.3, -0.25) is 9.58 Å². The van der Waals surface area contributed by atoms with Gasteiger partial charge in [-0.2, -0.15) is 5.10 Å². The molecule has 0 bridgehead atoms. The molecule has 1 fully saturated rings. The molecule has 3 aromatic rings. The minimum Gasteiger partial charge on any atom is -0.433 e. The van der Waals surface area contributed by atoms with E-state index >= 15 is 0 Å². The highest BCUT2D eigenvalue weighted by Gasteiger charge is 2.48. The highest BCUT2D eigenvalue weighted by molar-refractivity contribution is 5.64. The van der Waals surface area contributed by atoms with Gasteiger partial charge in [-0.15, -0.1) is 0 Å². The molecule has 1 aromatic carbocycles. The van der Waals surface area contributed by atoms with Crippen molar-refractivity contribution in [3.05, 3.63) is 58.8 Å². The van der Waals surface area contributed by atoms with Crippen LogP contribution >= 0.6 is 0 Å². The summed E-state index contributed by atoms with van der Waals surface area (Å²) in [7, 11) is 2.14. The van der Waals surface area contributed by atoms with E-state index in [1.165, 1.54) is 16.7 Å². The van der Waals surface area contributed by atoms with Crippen LogP contribution < -0.4 is 10.5 Å². The lowest BCUT2D eigenvalue weighted by Gasteiger charge is -2.46. The Morgan fingerprint density at radius 2 is 2.09 bits per heavy atom. The normalized spacial score (nSPS) is 17.6. The van der Waals surface area contributed by atoms with Crippen LogP contribution in [0.15, 0.2) is 30.7 Å². The number of likely N-dealkylation sites (tertiary alicyclic amines) is 1. The summed E-state index contributed by atoms with van der Waals surface area (Å²) in [5.74, 6) is 1.01. The maximum atomic E-state index is 7.37. The highest BCUT2D eigenvalue weighted by atomic mass is 16.5. The number of aryl methyl sites for hydroxylation is 1. The van der Waals surface area contributed by atoms with E-state index in [9.17, 15) is 0 Å². The molecular formula is C25H30N8O. The highest BCUT2D eigenvalue weighted by Crippen LogP contribution is 2.33. The number of nitrogens with zero attached hydrogens (tertiary/aromatic N) is 7. The van der Waals surface area contributed by atoms with Crippen LogP contribution in [0, 0.1) is 13.5 Å². The zero-order chi connectivity index (χ0) is 23.9. The molecule has 1 saturated heterocycles. The van der Waals surface area contributed by atoms with E-state index in [0.29, 0.717) is 12.3 Å². The van der Waals surface area contributed by atoms with E-state index < -0.39 is 0 Å². The molecule has 0 spiro atoms. The van der Waals surface area contributed by atoms with Gasteiger partial charge in [-0.05, 0) is 55.8 Å². The molecule has 0 amide bonds. The van der Waals surface area contributed by atoms with Crippen LogP contribution in [0.4, 0.5) is 5.82 Å². The van der Waals surface area contributed by atoms with Crippen molar-refractivity contribution in [1.82, 2.24) is 29.5 Å². The molecule has 2 N–H and O–H groups in total. The number of fused-ring (bicyclic) bond motifs is 1. The fraction of sp³-hybridized carbons (Fsp3) is 0.440. The lowest BCUT2D eigenvalue weighted by Crippen LogP contribution is -2.64. The Labute approximate surface area is 200 Å². The first-order valence-corrected chi connectivity index (χ1v) is 11.6. The monoisotopic (exact) mass is 458 g/mol. The van der Waals surface area contributed by atoms with Crippen molar-refractivity contribution in [3.8, 4) is 22.9 Å². The van der Waals surface area contributed by atoms with Gasteiger partial charge >= 0.3 is 0 Å². The van der Waals surface area contributed by atoms with Crippen molar-refractivity contribution in [2.24, 2.45) is 0 Å². The van der Waals surface area contributed by atoms with Crippen molar-refractivity contribution in [2.45, 2.75) is 32.4 Å². The second kappa shape index (κ2) is 8.70. The molecule has 2 aliphatic rings. The third-order valence-corrected chi connectivity index (χ3v) is 6.93. The van der Waals surface area contributed by atoms with E-state index in [4.69, 9.17) is 22.0 Å². The Morgan fingerprint density at radius 1 is 1.26 bits per heavy atom. The van der Waals surface area contributed by atoms with Gasteiger partial charge in [0.25, 0.3) is 5.88 Å². The second-order valence-corrected chi connectivity index (χ2v) is 9.43. The van der Waals surface area contributed by atoms with Crippen LogP contribution in [-0.4, -0.2) is 69.3 Å². The largest absolute Gasteiger partial charge is 0.433 e. The summed E-state index contributed by atoms with van der Waals surface area (Å²) < 4.78 is 7.88. The zero-order valence-corrected chi connectivity index (χ0v) is 20.0. The summed E-state index contributed by atoms with van der Waals surface area (Å²) in [5, 5.41) is 4.50. The summed E-state index contributed by atoms with van der Waals surface area (Å²) in [6, 6.07) is 4.36. The van der Waals surface area contributed by atoms with Crippen molar-refractivity contribution in [3.63, 3.8) is 0 Å². The number of nitrogen functional groups attached to an aromatic ring is 1. The van der Waals surface area contributed by atoms with E-state index in [2.05, 4.69) is 57.8 Å². The Bertz CT molecular complexity index is 1250. The van der Waals surface area contributed by atoms with Gasteiger partial charge in [0.05, 0.1) is 24.3 Å². The summed E-state index contributed by atoms with van der Waals surface area (Å²) >= 11 is 0. The lowest BCUT2D eigenvalue weighted by atomic mass is 9.90. The third kappa shape index (κ3) is 4.00. The van der Waals surface area contributed by atoms with Crippen LogP contribution in [0.25, 0.3) is 16.1 Å². The smallest absolute Gasteiger partial charge is 0.263 e. The number of hydrogen-bond donors (Lipinski definition) is 1. The van der Waals surface area contributed by atoms with Crippen molar-refractivity contribution in [2.75, 3.05) is 45.5 Å². The minimum atomic E-state index is -0.313. The van der Waals surface area contributed by atoms with Crippen LogP contribution in [0.1, 0.15) is 23.6 Å². The molecule has 2 aromatic heterocycles. The number of nitrogens with two attached hydrogens (primary N) is 1.